The highest BCUT2D eigenvalue weighted by Gasteiger charge is 1.95. The Morgan fingerprint density at radius 1 is 1.43 bits per heavy atom. The molecule has 0 aliphatic carbocycles. The third-order valence-electron chi connectivity index (χ3n) is 1.96. The molecule has 3 N–H and O–H groups in total. The van der Waals surface area contributed by atoms with E-state index in [1.54, 1.807) is 11.8 Å². The minimum atomic E-state index is 0.542. The van der Waals surface area contributed by atoms with Gasteiger partial charge in [0.1, 0.15) is 0 Å². The Morgan fingerprint density at radius 2 is 2.07 bits per heavy atom. The van der Waals surface area contributed by atoms with Gasteiger partial charge in [0.15, 0.2) is 0 Å². The van der Waals surface area contributed by atoms with Gasteiger partial charge in [-0.2, -0.15) is 0 Å². The highest BCUT2D eigenvalue weighted by Crippen LogP contribution is 2.18. The molecular weight excluding hydrogens is 192 g/mol. The standard InChI is InChI=1S/C11H16N2S/c1-3-9(8-12)13-10-4-6-11(14-2)7-5-10/h3-7,13H,8,12H2,1-2H3/b9-3-. The van der Waals surface area contributed by atoms with Gasteiger partial charge in [0.2, 0.25) is 0 Å². The van der Waals surface area contributed by atoms with Crippen LogP contribution in [-0.4, -0.2) is 12.8 Å². The molecule has 1 rings (SSSR count). The van der Waals surface area contributed by atoms with Crippen molar-refractivity contribution in [3.8, 4) is 0 Å². The van der Waals surface area contributed by atoms with Crippen LogP contribution in [-0.2, 0) is 0 Å². The van der Waals surface area contributed by atoms with Crippen molar-refractivity contribution >= 4 is 17.4 Å². The summed E-state index contributed by atoms with van der Waals surface area (Å²) >= 11 is 1.74. The van der Waals surface area contributed by atoms with Gasteiger partial charge in [-0.05, 0) is 37.4 Å². The van der Waals surface area contributed by atoms with Crippen LogP contribution < -0.4 is 11.1 Å². The van der Waals surface area contributed by atoms with Crippen LogP contribution in [0.3, 0.4) is 0 Å². The summed E-state index contributed by atoms with van der Waals surface area (Å²) in [6, 6.07) is 8.31. The lowest BCUT2D eigenvalue weighted by Gasteiger charge is -2.08. The third-order valence-corrected chi connectivity index (χ3v) is 2.71. The quantitative estimate of drug-likeness (QED) is 0.747. The maximum absolute atomic E-state index is 5.55. The predicted molar refractivity (Wildman–Crippen MR) is 64.7 cm³/mol. The molecule has 0 aliphatic heterocycles. The summed E-state index contributed by atoms with van der Waals surface area (Å²) in [4.78, 5) is 1.27. The SMILES string of the molecule is C/C=C(/CN)Nc1ccc(SC)cc1. The van der Waals surface area contributed by atoms with Crippen molar-refractivity contribution in [2.45, 2.75) is 11.8 Å². The number of nitrogens with one attached hydrogen (secondary N) is 1. The van der Waals surface area contributed by atoms with E-state index < -0.39 is 0 Å². The van der Waals surface area contributed by atoms with Crippen molar-refractivity contribution in [1.29, 1.82) is 0 Å². The van der Waals surface area contributed by atoms with Gasteiger partial charge < -0.3 is 11.1 Å². The van der Waals surface area contributed by atoms with Gasteiger partial charge in [-0.1, -0.05) is 6.08 Å². The predicted octanol–water partition coefficient (Wildman–Crippen LogP) is 2.68. The van der Waals surface area contributed by atoms with Gasteiger partial charge in [-0.25, -0.2) is 0 Å². The number of anilines is 1. The van der Waals surface area contributed by atoms with Gasteiger partial charge in [0.25, 0.3) is 0 Å². The monoisotopic (exact) mass is 208 g/mol. The largest absolute Gasteiger partial charge is 0.358 e. The molecule has 0 unspecified atom stereocenters. The average Bonchev–Trinajstić information content (AvgIpc) is 2.26. The second kappa shape index (κ2) is 5.73. The van der Waals surface area contributed by atoms with E-state index in [1.807, 2.05) is 13.0 Å². The molecule has 0 bridgehead atoms. The van der Waals surface area contributed by atoms with E-state index in [2.05, 4.69) is 35.8 Å². The van der Waals surface area contributed by atoms with E-state index in [0.29, 0.717) is 6.54 Å². The Hall–Kier alpha value is -0.930. The van der Waals surface area contributed by atoms with E-state index in [1.165, 1.54) is 4.90 Å². The van der Waals surface area contributed by atoms with Gasteiger partial charge in [-0.15, -0.1) is 11.8 Å². The van der Waals surface area contributed by atoms with Crippen LogP contribution in [0.1, 0.15) is 6.92 Å². The van der Waals surface area contributed by atoms with Crippen LogP contribution in [0.5, 0.6) is 0 Å². The molecule has 14 heavy (non-hydrogen) atoms. The fourth-order valence-corrected chi connectivity index (χ4v) is 1.51. The Labute approximate surface area is 89.6 Å². The lowest BCUT2D eigenvalue weighted by molar-refractivity contribution is 1.13. The molecule has 0 saturated carbocycles. The molecule has 0 aliphatic rings. The molecule has 1 aromatic rings. The number of thioether (sulfide) groups is 1. The molecule has 0 amide bonds. The Morgan fingerprint density at radius 3 is 2.50 bits per heavy atom. The van der Waals surface area contributed by atoms with E-state index in [4.69, 9.17) is 5.73 Å². The maximum atomic E-state index is 5.55. The van der Waals surface area contributed by atoms with E-state index in [0.717, 1.165) is 11.4 Å². The molecule has 0 radical (unpaired) electrons. The molecule has 0 saturated heterocycles. The number of allylic oxidation sites excluding steroid dienone is 1. The van der Waals surface area contributed by atoms with E-state index in [-0.39, 0.29) is 0 Å². The third kappa shape index (κ3) is 3.09. The molecule has 0 heterocycles. The summed E-state index contributed by atoms with van der Waals surface area (Å²) in [6.45, 7) is 2.52. The van der Waals surface area contributed by atoms with Gasteiger partial charge in [-0.3, -0.25) is 0 Å². The zero-order valence-corrected chi connectivity index (χ0v) is 9.40. The Kier molecular flexibility index (Phi) is 4.56. The fourth-order valence-electron chi connectivity index (χ4n) is 1.10. The van der Waals surface area contributed by atoms with Crippen molar-refractivity contribution in [2.75, 3.05) is 18.1 Å². The molecule has 0 atom stereocenters. The fraction of sp³-hybridized carbons (Fsp3) is 0.273. The molecule has 3 heteroatoms. The van der Waals surface area contributed by atoms with Gasteiger partial charge in [0.05, 0.1) is 0 Å². The summed E-state index contributed by atoms with van der Waals surface area (Å²) in [5.41, 5.74) is 7.68. The summed E-state index contributed by atoms with van der Waals surface area (Å²) in [7, 11) is 0. The summed E-state index contributed by atoms with van der Waals surface area (Å²) in [6.07, 6.45) is 4.06. The van der Waals surface area contributed by atoms with Crippen LogP contribution in [0.4, 0.5) is 5.69 Å². The highest BCUT2D eigenvalue weighted by molar-refractivity contribution is 7.98. The number of rotatable bonds is 4. The number of hydrogen-bond acceptors (Lipinski definition) is 3. The van der Waals surface area contributed by atoms with E-state index in [9.17, 15) is 0 Å². The molecule has 76 valence electrons. The van der Waals surface area contributed by atoms with Crippen molar-refractivity contribution in [2.24, 2.45) is 5.73 Å². The maximum Gasteiger partial charge on any atom is 0.0382 e. The van der Waals surface area contributed by atoms with Gasteiger partial charge in [0, 0.05) is 22.8 Å². The van der Waals surface area contributed by atoms with Crippen molar-refractivity contribution in [1.82, 2.24) is 0 Å². The topological polar surface area (TPSA) is 38.0 Å². The van der Waals surface area contributed by atoms with Crippen molar-refractivity contribution in [3.05, 3.63) is 36.0 Å². The van der Waals surface area contributed by atoms with E-state index >= 15 is 0 Å². The molecule has 0 spiro atoms. The summed E-state index contributed by atoms with van der Waals surface area (Å²) in [5, 5.41) is 3.26. The van der Waals surface area contributed by atoms with Crippen LogP contribution in [0, 0.1) is 0 Å². The first-order valence-electron chi connectivity index (χ1n) is 4.56. The molecular formula is C11H16N2S. The second-order valence-electron chi connectivity index (χ2n) is 2.87. The first-order chi connectivity index (χ1) is 6.80. The van der Waals surface area contributed by atoms with Crippen LogP contribution in [0.15, 0.2) is 40.9 Å². The highest BCUT2D eigenvalue weighted by atomic mass is 32.2. The lowest BCUT2D eigenvalue weighted by atomic mass is 10.3. The normalized spacial score (nSPS) is 11.5. The number of nitrogens with two attached hydrogens (primary N) is 1. The van der Waals surface area contributed by atoms with Crippen LogP contribution >= 0.6 is 11.8 Å². The van der Waals surface area contributed by atoms with Crippen LogP contribution in [0.2, 0.25) is 0 Å². The Bertz CT molecular complexity index is 304. The van der Waals surface area contributed by atoms with Gasteiger partial charge >= 0.3 is 0 Å². The molecule has 1 aromatic carbocycles. The lowest BCUT2D eigenvalue weighted by Crippen LogP contribution is -2.10. The summed E-state index contributed by atoms with van der Waals surface area (Å²) < 4.78 is 0. The average molecular weight is 208 g/mol. The number of hydrogen-bond donors (Lipinski definition) is 2. The Balaban J connectivity index is 2.68. The molecule has 2 nitrogen and oxygen atoms in total. The zero-order valence-electron chi connectivity index (χ0n) is 8.58. The molecule has 0 aromatic heterocycles. The first kappa shape index (κ1) is 11.1. The zero-order chi connectivity index (χ0) is 10.4. The smallest absolute Gasteiger partial charge is 0.0382 e. The number of benzene rings is 1. The minimum absolute atomic E-state index is 0.542. The van der Waals surface area contributed by atoms with Crippen molar-refractivity contribution < 1.29 is 0 Å². The van der Waals surface area contributed by atoms with Crippen LogP contribution in [0.25, 0.3) is 0 Å². The second-order valence-corrected chi connectivity index (χ2v) is 3.75. The van der Waals surface area contributed by atoms with Crippen molar-refractivity contribution in [3.63, 3.8) is 0 Å². The summed E-state index contributed by atoms with van der Waals surface area (Å²) in [5.74, 6) is 0. The molecule has 0 fully saturated rings. The minimum Gasteiger partial charge on any atom is -0.358 e. The first-order valence-corrected chi connectivity index (χ1v) is 5.79.